The Morgan fingerprint density at radius 1 is 0.467 bits per heavy atom. The van der Waals surface area contributed by atoms with E-state index in [-0.39, 0.29) is 0 Å². The molecule has 0 N–H and O–H groups in total. The Hall–Kier alpha value is -6.06. The summed E-state index contributed by atoms with van der Waals surface area (Å²) < 4.78 is 9.30. The second kappa shape index (κ2) is 10.3. The molecule has 0 fully saturated rings. The third-order valence-electron chi connectivity index (χ3n) is 8.76. The zero-order chi connectivity index (χ0) is 29.7. The van der Waals surface area contributed by atoms with E-state index in [1.54, 1.807) is 0 Å². The minimum Gasteiger partial charge on any atom is -0.437 e. The van der Waals surface area contributed by atoms with Crippen LogP contribution in [-0.2, 0) is 0 Å². The number of rotatable bonds is 5. The van der Waals surface area contributed by atoms with Crippen LogP contribution in [0.15, 0.2) is 174 Å². The molecule has 0 radical (unpaired) electrons. The van der Waals surface area contributed by atoms with Crippen LogP contribution in [0.1, 0.15) is 0 Å². The third-order valence-corrected chi connectivity index (χ3v) is 8.76. The fourth-order valence-electron chi connectivity index (χ4n) is 6.76. The average molecular weight is 577 g/mol. The molecule has 7 aromatic carbocycles. The maximum atomic E-state index is 6.99. The highest BCUT2D eigenvalue weighted by molar-refractivity contribution is 6.15. The molecule has 0 amide bonds. The van der Waals surface area contributed by atoms with Gasteiger partial charge in [-0.2, -0.15) is 0 Å². The van der Waals surface area contributed by atoms with Crippen molar-refractivity contribution in [3.8, 4) is 22.3 Å². The van der Waals surface area contributed by atoms with Crippen molar-refractivity contribution in [2.75, 3.05) is 4.90 Å². The van der Waals surface area contributed by atoms with Gasteiger partial charge in [0.2, 0.25) is 5.71 Å². The standard InChI is InChI=1S/C42H28N2O/c1-4-14-30(15-5-1)39-36-22-12-13-23-38(36)44-40-35-21-11-10-16-31(35)28-37(41(40)45-42(39)44)29-24-26-34(27-25-29)43(32-17-6-2-7-18-32)33-19-8-3-9-20-33/h1-28H. The van der Waals surface area contributed by atoms with Gasteiger partial charge in [-0.25, -0.2) is 0 Å². The molecule has 9 rings (SSSR count). The predicted molar refractivity (Wildman–Crippen MR) is 188 cm³/mol. The highest BCUT2D eigenvalue weighted by Gasteiger charge is 2.23. The first-order valence-corrected chi connectivity index (χ1v) is 15.3. The third kappa shape index (κ3) is 4.05. The van der Waals surface area contributed by atoms with Crippen molar-refractivity contribution in [2.24, 2.45) is 0 Å². The first kappa shape index (κ1) is 25.4. The van der Waals surface area contributed by atoms with Crippen molar-refractivity contribution in [1.82, 2.24) is 4.40 Å². The van der Waals surface area contributed by atoms with Gasteiger partial charge in [-0.1, -0.05) is 121 Å². The van der Waals surface area contributed by atoms with E-state index < -0.39 is 0 Å². The first-order chi connectivity index (χ1) is 22.3. The molecule has 0 aliphatic heterocycles. The molecule has 45 heavy (non-hydrogen) atoms. The molecule has 9 aromatic rings. The molecule has 0 saturated heterocycles. The summed E-state index contributed by atoms with van der Waals surface area (Å²) in [5.41, 5.74) is 11.8. The van der Waals surface area contributed by atoms with E-state index in [0.29, 0.717) is 0 Å². The largest absolute Gasteiger partial charge is 0.437 e. The van der Waals surface area contributed by atoms with Crippen LogP contribution in [0.5, 0.6) is 0 Å². The van der Waals surface area contributed by atoms with E-state index in [1.807, 2.05) is 0 Å². The molecule has 2 aromatic heterocycles. The summed E-state index contributed by atoms with van der Waals surface area (Å²) in [5, 5.41) is 3.54. The molecule has 0 saturated carbocycles. The zero-order valence-electron chi connectivity index (χ0n) is 24.5. The van der Waals surface area contributed by atoms with Crippen LogP contribution in [0.25, 0.3) is 60.7 Å². The number of anilines is 3. The molecule has 0 unspecified atom stereocenters. The Morgan fingerprint density at radius 2 is 1.02 bits per heavy atom. The lowest BCUT2D eigenvalue weighted by atomic mass is 9.99. The fraction of sp³-hybridized carbons (Fsp3) is 0. The SMILES string of the molecule is c1ccc(-c2c3ccccc3n3c2oc2c(-c4ccc(N(c5ccccc5)c5ccccc5)cc4)cc4ccccc4c23)cc1. The van der Waals surface area contributed by atoms with Gasteiger partial charge < -0.3 is 9.32 Å². The molecule has 0 aliphatic rings. The number of fused-ring (bicyclic) bond motifs is 7. The van der Waals surface area contributed by atoms with Crippen LogP contribution < -0.4 is 4.90 Å². The van der Waals surface area contributed by atoms with Gasteiger partial charge in [-0.3, -0.25) is 4.40 Å². The Labute approximate surface area is 260 Å². The lowest BCUT2D eigenvalue weighted by Crippen LogP contribution is -2.09. The summed E-state index contributed by atoms with van der Waals surface area (Å²) in [5.74, 6) is 0. The number of aromatic nitrogens is 1. The Balaban J connectivity index is 1.29. The molecule has 0 spiro atoms. The van der Waals surface area contributed by atoms with E-state index >= 15 is 0 Å². The summed E-state index contributed by atoms with van der Waals surface area (Å²) in [6.07, 6.45) is 0. The van der Waals surface area contributed by atoms with E-state index in [9.17, 15) is 0 Å². The van der Waals surface area contributed by atoms with Gasteiger partial charge in [0.1, 0.15) is 5.52 Å². The van der Waals surface area contributed by atoms with Crippen molar-refractivity contribution >= 4 is 55.6 Å². The smallest absolute Gasteiger partial charge is 0.213 e. The van der Waals surface area contributed by atoms with Crippen LogP contribution in [0.4, 0.5) is 17.1 Å². The Morgan fingerprint density at radius 3 is 1.71 bits per heavy atom. The number of nitrogens with zero attached hydrogens (tertiary/aromatic N) is 2. The van der Waals surface area contributed by atoms with Crippen molar-refractivity contribution in [1.29, 1.82) is 0 Å². The van der Waals surface area contributed by atoms with Gasteiger partial charge in [-0.05, 0) is 65.0 Å². The molecule has 0 bridgehead atoms. The van der Waals surface area contributed by atoms with Gasteiger partial charge in [-0.15, -0.1) is 0 Å². The summed E-state index contributed by atoms with van der Waals surface area (Å²) >= 11 is 0. The van der Waals surface area contributed by atoms with Crippen LogP contribution in [0.2, 0.25) is 0 Å². The number of para-hydroxylation sites is 3. The molecular formula is C42H28N2O. The lowest BCUT2D eigenvalue weighted by molar-refractivity contribution is 0.659. The maximum Gasteiger partial charge on any atom is 0.213 e. The van der Waals surface area contributed by atoms with Crippen molar-refractivity contribution < 1.29 is 4.42 Å². The fourth-order valence-corrected chi connectivity index (χ4v) is 6.76. The number of benzene rings is 7. The van der Waals surface area contributed by atoms with Gasteiger partial charge in [0, 0.05) is 33.4 Å². The minimum absolute atomic E-state index is 0.867. The topological polar surface area (TPSA) is 20.8 Å². The summed E-state index contributed by atoms with van der Waals surface area (Å²) in [6, 6.07) is 59.9. The van der Waals surface area contributed by atoms with Gasteiger partial charge >= 0.3 is 0 Å². The van der Waals surface area contributed by atoms with Gasteiger partial charge in [0.15, 0.2) is 5.58 Å². The minimum atomic E-state index is 0.867. The van der Waals surface area contributed by atoms with Crippen molar-refractivity contribution in [3.05, 3.63) is 170 Å². The van der Waals surface area contributed by atoms with Crippen LogP contribution in [-0.4, -0.2) is 4.40 Å². The molecule has 0 aliphatic carbocycles. The highest BCUT2D eigenvalue weighted by atomic mass is 16.3. The molecule has 3 nitrogen and oxygen atoms in total. The normalized spacial score (nSPS) is 11.6. The number of hydrogen-bond donors (Lipinski definition) is 0. The predicted octanol–water partition coefficient (Wildman–Crippen LogP) is 11.8. The summed E-state index contributed by atoms with van der Waals surface area (Å²) in [6.45, 7) is 0. The van der Waals surface area contributed by atoms with E-state index in [2.05, 4.69) is 179 Å². The van der Waals surface area contributed by atoms with Gasteiger partial charge in [0.25, 0.3) is 0 Å². The Kier molecular flexibility index (Phi) is 5.82. The molecule has 3 heteroatoms. The van der Waals surface area contributed by atoms with E-state index in [4.69, 9.17) is 4.42 Å². The Bertz CT molecular complexity index is 2420. The first-order valence-electron chi connectivity index (χ1n) is 15.3. The van der Waals surface area contributed by atoms with Crippen LogP contribution in [0.3, 0.4) is 0 Å². The van der Waals surface area contributed by atoms with E-state index in [0.717, 1.165) is 61.6 Å². The van der Waals surface area contributed by atoms with Crippen molar-refractivity contribution in [2.45, 2.75) is 0 Å². The summed E-state index contributed by atoms with van der Waals surface area (Å²) in [4.78, 5) is 2.29. The van der Waals surface area contributed by atoms with E-state index in [1.165, 1.54) is 16.2 Å². The molecule has 2 heterocycles. The zero-order valence-corrected chi connectivity index (χ0v) is 24.5. The number of hydrogen-bond acceptors (Lipinski definition) is 2. The average Bonchev–Trinajstić information content (AvgIpc) is 3.65. The summed E-state index contributed by atoms with van der Waals surface area (Å²) in [7, 11) is 0. The second-order valence-corrected chi connectivity index (χ2v) is 11.4. The molecule has 212 valence electrons. The van der Waals surface area contributed by atoms with Crippen molar-refractivity contribution in [3.63, 3.8) is 0 Å². The quantitative estimate of drug-likeness (QED) is 0.203. The van der Waals surface area contributed by atoms with Gasteiger partial charge in [0.05, 0.1) is 11.1 Å². The second-order valence-electron chi connectivity index (χ2n) is 11.4. The number of oxazole rings is 1. The maximum absolute atomic E-state index is 6.99. The van der Waals surface area contributed by atoms with Crippen LogP contribution >= 0.6 is 0 Å². The lowest BCUT2D eigenvalue weighted by Gasteiger charge is -2.25. The highest BCUT2D eigenvalue weighted by Crippen LogP contribution is 2.44. The monoisotopic (exact) mass is 576 g/mol. The molecular weight excluding hydrogens is 548 g/mol. The van der Waals surface area contributed by atoms with Crippen LogP contribution in [0, 0.1) is 0 Å². The molecule has 0 atom stereocenters.